The number of nitrogens with zero attached hydrogens (tertiary/aromatic N) is 2. The molecule has 21 heavy (non-hydrogen) atoms. The number of hydrogen-bond acceptors (Lipinski definition) is 5. The van der Waals surface area contributed by atoms with Gasteiger partial charge in [0.2, 0.25) is 0 Å². The predicted molar refractivity (Wildman–Crippen MR) is 82.7 cm³/mol. The number of aromatic nitrogens is 2. The minimum atomic E-state index is 0.182. The zero-order chi connectivity index (χ0) is 14.1. The molecule has 0 bridgehead atoms. The molecule has 0 N–H and O–H groups in total. The molecule has 0 aliphatic carbocycles. The molecule has 4 nitrogen and oxygen atoms in total. The fourth-order valence-electron chi connectivity index (χ4n) is 2.55. The molecular weight excluding hydrogens is 284 g/mol. The van der Waals surface area contributed by atoms with E-state index in [0.717, 1.165) is 40.9 Å². The second-order valence-corrected chi connectivity index (χ2v) is 5.59. The van der Waals surface area contributed by atoms with E-state index in [1.54, 1.807) is 0 Å². The van der Waals surface area contributed by atoms with Gasteiger partial charge in [-0.15, -0.1) is 0 Å². The largest absolute Gasteiger partial charge is 0.488 e. The minimum absolute atomic E-state index is 0.182. The van der Waals surface area contributed by atoms with E-state index in [9.17, 15) is 0 Å². The lowest BCUT2D eigenvalue weighted by Gasteiger charge is -2.12. The second kappa shape index (κ2) is 5.42. The van der Waals surface area contributed by atoms with Crippen molar-refractivity contribution in [3.8, 4) is 16.9 Å². The maximum Gasteiger partial charge on any atom is 0.124 e. The highest BCUT2D eigenvalue weighted by molar-refractivity contribution is 7.00. The van der Waals surface area contributed by atoms with Crippen LogP contribution in [0.5, 0.6) is 5.75 Å². The van der Waals surface area contributed by atoms with Crippen molar-refractivity contribution in [2.24, 2.45) is 0 Å². The van der Waals surface area contributed by atoms with Gasteiger partial charge in [-0.25, -0.2) is 0 Å². The van der Waals surface area contributed by atoms with Crippen LogP contribution in [0.15, 0.2) is 42.5 Å². The van der Waals surface area contributed by atoms with Crippen molar-refractivity contribution in [1.82, 2.24) is 8.75 Å². The predicted octanol–water partition coefficient (Wildman–Crippen LogP) is 3.53. The summed E-state index contributed by atoms with van der Waals surface area (Å²) in [6, 6.07) is 14.2. The van der Waals surface area contributed by atoms with Gasteiger partial charge in [0.15, 0.2) is 0 Å². The molecule has 1 saturated heterocycles. The van der Waals surface area contributed by atoms with Gasteiger partial charge in [-0.1, -0.05) is 24.3 Å². The smallest absolute Gasteiger partial charge is 0.124 e. The molecule has 1 fully saturated rings. The summed E-state index contributed by atoms with van der Waals surface area (Å²) in [5, 5.41) is 0. The molecule has 2 heterocycles. The molecular formula is C16H14N2O2S. The number of fused-ring (bicyclic) bond motifs is 1. The van der Waals surface area contributed by atoms with Crippen LogP contribution in [-0.2, 0) is 4.74 Å². The van der Waals surface area contributed by atoms with Crippen LogP contribution in [0.4, 0.5) is 0 Å². The van der Waals surface area contributed by atoms with Crippen LogP contribution in [0.2, 0.25) is 0 Å². The van der Waals surface area contributed by atoms with E-state index in [1.165, 1.54) is 11.7 Å². The van der Waals surface area contributed by atoms with Gasteiger partial charge in [0.25, 0.3) is 0 Å². The maximum absolute atomic E-state index is 5.89. The quantitative estimate of drug-likeness (QED) is 0.742. The fraction of sp³-hybridized carbons (Fsp3) is 0.250. The molecule has 5 heteroatoms. The Bertz CT molecular complexity index is 748. The number of hydrogen-bond donors (Lipinski definition) is 0. The molecule has 2 aromatic carbocycles. The Morgan fingerprint density at radius 3 is 2.81 bits per heavy atom. The van der Waals surface area contributed by atoms with Gasteiger partial charge in [-0.3, -0.25) is 0 Å². The van der Waals surface area contributed by atoms with Crippen molar-refractivity contribution < 1.29 is 9.47 Å². The van der Waals surface area contributed by atoms with Gasteiger partial charge < -0.3 is 9.47 Å². The summed E-state index contributed by atoms with van der Waals surface area (Å²) in [7, 11) is 0. The zero-order valence-electron chi connectivity index (χ0n) is 11.4. The third-order valence-corrected chi connectivity index (χ3v) is 4.18. The van der Waals surface area contributed by atoms with E-state index in [2.05, 4.69) is 26.9 Å². The summed E-state index contributed by atoms with van der Waals surface area (Å²) in [5.74, 6) is 0.887. The molecule has 1 unspecified atom stereocenters. The van der Waals surface area contributed by atoms with Crippen LogP contribution in [0.1, 0.15) is 6.42 Å². The Hall–Kier alpha value is -1.98. The highest BCUT2D eigenvalue weighted by Gasteiger charge is 2.17. The van der Waals surface area contributed by atoms with Crippen molar-refractivity contribution in [3.63, 3.8) is 0 Å². The van der Waals surface area contributed by atoms with Crippen molar-refractivity contribution >= 4 is 22.8 Å². The van der Waals surface area contributed by atoms with E-state index in [1.807, 2.05) is 24.3 Å². The lowest BCUT2D eigenvalue weighted by molar-refractivity contribution is 0.141. The second-order valence-electron chi connectivity index (χ2n) is 5.07. The Morgan fingerprint density at radius 2 is 2.00 bits per heavy atom. The monoisotopic (exact) mass is 298 g/mol. The Morgan fingerprint density at radius 1 is 1.10 bits per heavy atom. The Labute approximate surface area is 126 Å². The molecule has 0 amide bonds. The number of ether oxygens (including phenoxy) is 2. The van der Waals surface area contributed by atoms with E-state index in [0.29, 0.717) is 6.61 Å². The normalized spacial score (nSPS) is 18.2. The topological polar surface area (TPSA) is 44.2 Å². The number of rotatable bonds is 3. The summed E-state index contributed by atoms with van der Waals surface area (Å²) < 4.78 is 19.9. The van der Waals surface area contributed by atoms with E-state index in [-0.39, 0.29) is 6.10 Å². The SMILES string of the molecule is c1cc(-c2ccc(OC3CCOC3)cc2)c2nsnc2c1. The highest BCUT2D eigenvalue weighted by atomic mass is 32.1. The average Bonchev–Trinajstić information content (AvgIpc) is 3.18. The van der Waals surface area contributed by atoms with Gasteiger partial charge in [-0.2, -0.15) is 8.75 Å². The summed E-state index contributed by atoms with van der Waals surface area (Å²) in [5.41, 5.74) is 4.14. The first-order valence-corrected chi connectivity index (χ1v) is 7.69. The van der Waals surface area contributed by atoms with Crippen molar-refractivity contribution in [2.45, 2.75) is 12.5 Å². The summed E-state index contributed by atoms with van der Waals surface area (Å²) >= 11 is 1.25. The molecule has 0 radical (unpaired) electrons. The molecule has 1 aliphatic heterocycles. The van der Waals surface area contributed by atoms with E-state index >= 15 is 0 Å². The van der Waals surface area contributed by atoms with Gasteiger partial charge in [0.05, 0.1) is 24.9 Å². The van der Waals surface area contributed by atoms with Crippen LogP contribution in [0, 0.1) is 0 Å². The first kappa shape index (κ1) is 12.7. The third kappa shape index (κ3) is 2.50. The molecule has 106 valence electrons. The molecule has 0 saturated carbocycles. The van der Waals surface area contributed by atoms with Crippen LogP contribution >= 0.6 is 11.7 Å². The molecule has 1 aliphatic rings. The molecule has 1 aromatic heterocycles. The Kier molecular flexibility index (Phi) is 3.29. The van der Waals surface area contributed by atoms with E-state index < -0.39 is 0 Å². The first-order valence-electron chi connectivity index (χ1n) is 6.96. The number of benzene rings is 2. The standard InChI is InChI=1S/C16H14N2O2S/c1-2-14(16-15(3-1)17-21-18-16)11-4-6-12(7-5-11)20-13-8-9-19-10-13/h1-7,13H,8-10H2. The summed E-state index contributed by atoms with van der Waals surface area (Å²) in [4.78, 5) is 0. The minimum Gasteiger partial charge on any atom is -0.488 e. The zero-order valence-corrected chi connectivity index (χ0v) is 12.2. The lowest BCUT2D eigenvalue weighted by Crippen LogP contribution is -2.15. The average molecular weight is 298 g/mol. The maximum atomic E-state index is 5.89. The fourth-order valence-corrected chi connectivity index (χ4v) is 3.10. The van der Waals surface area contributed by atoms with Crippen LogP contribution < -0.4 is 4.74 Å². The van der Waals surface area contributed by atoms with Gasteiger partial charge in [0, 0.05) is 12.0 Å². The summed E-state index contributed by atoms with van der Waals surface area (Å²) in [6.07, 6.45) is 1.15. The summed E-state index contributed by atoms with van der Waals surface area (Å²) in [6.45, 7) is 1.48. The van der Waals surface area contributed by atoms with Crippen molar-refractivity contribution in [3.05, 3.63) is 42.5 Å². The molecule has 1 atom stereocenters. The van der Waals surface area contributed by atoms with Gasteiger partial charge in [0.1, 0.15) is 22.9 Å². The van der Waals surface area contributed by atoms with Gasteiger partial charge >= 0.3 is 0 Å². The van der Waals surface area contributed by atoms with Gasteiger partial charge in [-0.05, 0) is 23.8 Å². The lowest BCUT2D eigenvalue weighted by atomic mass is 10.0. The van der Waals surface area contributed by atoms with E-state index in [4.69, 9.17) is 9.47 Å². The van der Waals surface area contributed by atoms with Crippen molar-refractivity contribution in [1.29, 1.82) is 0 Å². The van der Waals surface area contributed by atoms with Crippen molar-refractivity contribution in [2.75, 3.05) is 13.2 Å². The third-order valence-electron chi connectivity index (χ3n) is 3.64. The molecule has 0 spiro atoms. The molecule has 3 aromatic rings. The van der Waals surface area contributed by atoms with Crippen LogP contribution in [0.3, 0.4) is 0 Å². The van der Waals surface area contributed by atoms with Crippen LogP contribution in [-0.4, -0.2) is 28.1 Å². The molecule has 4 rings (SSSR count). The first-order chi connectivity index (χ1) is 10.4. The Balaban J connectivity index is 1.62. The van der Waals surface area contributed by atoms with Crippen LogP contribution in [0.25, 0.3) is 22.2 Å². The highest BCUT2D eigenvalue weighted by Crippen LogP contribution is 2.29.